The van der Waals surface area contributed by atoms with Crippen molar-refractivity contribution in [3.63, 3.8) is 0 Å². The van der Waals surface area contributed by atoms with Crippen molar-refractivity contribution in [1.82, 2.24) is 19.9 Å². The first-order valence-corrected chi connectivity index (χ1v) is 14.0. The molecule has 3 aliphatic rings. The van der Waals surface area contributed by atoms with E-state index in [0.717, 1.165) is 60.7 Å². The fourth-order valence-electron chi connectivity index (χ4n) is 6.52. The van der Waals surface area contributed by atoms with Crippen molar-refractivity contribution < 1.29 is 0 Å². The molecule has 0 amide bonds. The van der Waals surface area contributed by atoms with E-state index < -0.39 is 0 Å². The van der Waals surface area contributed by atoms with Gasteiger partial charge in [-0.05, 0) is 71.3 Å². The van der Waals surface area contributed by atoms with Crippen molar-refractivity contribution in [1.29, 1.82) is 0 Å². The summed E-state index contributed by atoms with van der Waals surface area (Å²) in [5.41, 5.74) is 6.32. The molecular formula is C31H40N6. The van der Waals surface area contributed by atoms with Crippen LogP contribution < -0.4 is 9.80 Å². The highest BCUT2D eigenvalue weighted by atomic mass is 15.3. The van der Waals surface area contributed by atoms with Crippen molar-refractivity contribution >= 4 is 11.9 Å². The van der Waals surface area contributed by atoms with Crippen molar-refractivity contribution in [2.75, 3.05) is 36.0 Å². The average Bonchev–Trinajstić information content (AvgIpc) is 3.64. The molecule has 0 atom stereocenters. The summed E-state index contributed by atoms with van der Waals surface area (Å²) in [6.07, 6.45) is 6.72. The Morgan fingerprint density at radius 3 is 1.70 bits per heavy atom. The zero-order chi connectivity index (χ0) is 26.0. The lowest BCUT2D eigenvalue weighted by molar-refractivity contribution is 0.125. The maximum absolute atomic E-state index is 4.90. The topological polar surface area (TPSA) is 58.0 Å². The Morgan fingerprint density at radius 2 is 1.16 bits per heavy atom. The zero-order valence-corrected chi connectivity index (χ0v) is 23.3. The molecule has 2 aromatic heterocycles. The van der Waals surface area contributed by atoms with Gasteiger partial charge in [0.15, 0.2) is 5.82 Å². The maximum atomic E-state index is 4.90. The monoisotopic (exact) mass is 496 g/mol. The standard InChI is InChI=1S/C31H40N6/c1-29(2)23-13-11-21(19-24(23)30(3,4)31(29,5)6)25-14-12-22(20-32-25)26-33-27(36-15-7-8-16-36)35-28(34-26)37-17-9-10-18-37/h11-14,19-20H,7-10,15-18H2,1-6H3. The van der Waals surface area contributed by atoms with Crippen molar-refractivity contribution in [2.24, 2.45) is 5.41 Å². The number of aromatic nitrogens is 4. The predicted molar refractivity (Wildman–Crippen MR) is 151 cm³/mol. The van der Waals surface area contributed by atoms with Crippen LogP contribution in [0.3, 0.4) is 0 Å². The first-order valence-electron chi connectivity index (χ1n) is 14.0. The Hall–Kier alpha value is -3.02. The van der Waals surface area contributed by atoms with Gasteiger partial charge >= 0.3 is 0 Å². The van der Waals surface area contributed by atoms with Crippen molar-refractivity contribution in [2.45, 2.75) is 78.1 Å². The zero-order valence-electron chi connectivity index (χ0n) is 23.3. The summed E-state index contributed by atoms with van der Waals surface area (Å²) in [5, 5.41) is 0. The van der Waals surface area contributed by atoms with Crippen LogP contribution in [0.5, 0.6) is 0 Å². The second-order valence-corrected chi connectivity index (χ2v) is 12.7. The Labute approximate surface area is 221 Å². The summed E-state index contributed by atoms with van der Waals surface area (Å²) in [6.45, 7) is 18.4. The maximum Gasteiger partial charge on any atom is 0.230 e. The highest BCUT2D eigenvalue weighted by molar-refractivity contribution is 5.67. The van der Waals surface area contributed by atoms with E-state index in [0.29, 0.717) is 0 Å². The van der Waals surface area contributed by atoms with Crippen LogP contribution in [0.1, 0.15) is 78.4 Å². The van der Waals surface area contributed by atoms with E-state index in [2.05, 4.69) is 81.7 Å². The minimum absolute atomic E-state index is 0.0740. The van der Waals surface area contributed by atoms with E-state index in [1.165, 1.54) is 36.8 Å². The van der Waals surface area contributed by atoms with Crippen LogP contribution in [0.25, 0.3) is 22.6 Å². The molecule has 2 fully saturated rings. The molecule has 0 N–H and O–H groups in total. The number of hydrogen-bond donors (Lipinski definition) is 0. The van der Waals surface area contributed by atoms with Crippen LogP contribution in [-0.2, 0) is 10.8 Å². The van der Waals surface area contributed by atoms with Gasteiger partial charge in [0.25, 0.3) is 0 Å². The van der Waals surface area contributed by atoms with E-state index >= 15 is 0 Å². The SMILES string of the molecule is CC1(C)c2ccc(-c3ccc(-c4nc(N5CCCC5)nc(N5CCCC5)n4)cn3)cc2C(C)(C)C1(C)C. The van der Waals surface area contributed by atoms with Crippen LogP contribution >= 0.6 is 0 Å². The number of rotatable bonds is 4. The molecule has 194 valence electrons. The minimum Gasteiger partial charge on any atom is -0.341 e. The molecule has 4 heterocycles. The third kappa shape index (κ3) is 3.74. The highest BCUT2D eigenvalue weighted by Crippen LogP contribution is 2.61. The lowest BCUT2D eigenvalue weighted by Crippen LogP contribution is -2.42. The third-order valence-corrected chi connectivity index (χ3v) is 10.2. The van der Waals surface area contributed by atoms with Gasteiger partial charge in [0.1, 0.15) is 0 Å². The predicted octanol–water partition coefficient (Wildman–Crippen LogP) is 6.40. The molecule has 6 rings (SSSR count). The minimum atomic E-state index is 0.0740. The molecule has 0 spiro atoms. The van der Waals surface area contributed by atoms with E-state index in [1.54, 1.807) is 0 Å². The molecule has 2 aliphatic heterocycles. The summed E-state index contributed by atoms with van der Waals surface area (Å²) in [6, 6.07) is 11.2. The molecule has 6 nitrogen and oxygen atoms in total. The quantitative estimate of drug-likeness (QED) is 0.417. The second kappa shape index (κ2) is 8.50. The van der Waals surface area contributed by atoms with Gasteiger partial charge < -0.3 is 9.80 Å². The van der Waals surface area contributed by atoms with Gasteiger partial charge in [0.05, 0.1) is 5.69 Å². The Bertz CT molecular complexity index is 1280. The van der Waals surface area contributed by atoms with E-state index in [1.807, 2.05) is 6.20 Å². The molecule has 0 bridgehead atoms. The van der Waals surface area contributed by atoms with Gasteiger partial charge in [-0.3, -0.25) is 4.98 Å². The van der Waals surface area contributed by atoms with Gasteiger partial charge in [-0.25, -0.2) is 0 Å². The van der Waals surface area contributed by atoms with Crippen LogP contribution in [0.15, 0.2) is 36.5 Å². The smallest absolute Gasteiger partial charge is 0.230 e. The van der Waals surface area contributed by atoms with Crippen LogP contribution in [0.4, 0.5) is 11.9 Å². The first-order chi connectivity index (χ1) is 17.6. The number of pyridine rings is 1. The Morgan fingerprint density at radius 1 is 0.622 bits per heavy atom. The van der Waals surface area contributed by atoms with Crippen LogP contribution in [0.2, 0.25) is 0 Å². The second-order valence-electron chi connectivity index (χ2n) is 12.7. The fraction of sp³-hybridized carbons (Fsp3) is 0.548. The third-order valence-electron chi connectivity index (χ3n) is 10.2. The van der Waals surface area contributed by atoms with Crippen LogP contribution in [-0.4, -0.2) is 46.1 Å². The van der Waals surface area contributed by atoms with E-state index in [9.17, 15) is 0 Å². The molecular weight excluding hydrogens is 456 g/mol. The Balaban J connectivity index is 1.35. The largest absolute Gasteiger partial charge is 0.341 e. The van der Waals surface area contributed by atoms with Gasteiger partial charge in [-0.1, -0.05) is 53.7 Å². The van der Waals surface area contributed by atoms with Crippen molar-refractivity contribution in [3.05, 3.63) is 47.7 Å². The van der Waals surface area contributed by atoms with Gasteiger partial charge in [0.2, 0.25) is 11.9 Å². The van der Waals surface area contributed by atoms with Gasteiger partial charge in [-0.15, -0.1) is 0 Å². The fourth-order valence-corrected chi connectivity index (χ4v) is 6.52. The summed E-state index contributed by atoms with van der Waals surface area (Å²) >= 11 is 0. The van der Waals surface area contributed by atoms with Gasteiger partial charge in [0, 0.05) is 43.5 Å². The number of benzene rings is 1. The number of hydrogen-bond acceptors (Lipinski definition) is 6. The summed E-state index contributed by atoms with van der Waals surface area (Å²) in [5.74, 6) is 2.33. The normalized spacial score (nSPS) is 21.5. The lowest BCUT2D eigenvalue weighted by Gasteiger charge is -2.44. The number of anilines is 2. The van der Waals surface area contributed by atoms with E-state index in [-0.39, 0.29) is 16.2 Å². The Kier molecular flexibility index (Phi) is 5.59. The molecule has 0 radical (unpaired) electrons. The molecule has 3 aromatic rings. The highest BCUT2D eigenvalue weighted by Gasteiger charge is 2.56. The molecule has 6 heteroatoms. The summed E-state index contributed by atoms with van der Waals surface area (Å²) in [4.78, 5) is 24.1. The molecule has 0 saturated carbocycles. The number of nitrogens with zero attached hydrogens (tertiary/aromatic N) is 6. The molecule has 37 heavy (non-hydrogen) atoms. The molecule has 1 aliphatic carbocycles. The molecule has 2 saturated heterocycles. The lowest BCUT2D eigenvalue weighted by atomic mass is 9.59. The van der Waals surface area contributed by atoms with E-state index in [4.69, 9.17) is 19.9 Å². The van der Waals surface area contributed by atoms with Crippen molar-refractivity contribution in [3.8, 4) is 22.6 Å². The summed E-state index contributed by atoms with van der Waals surface area (Å²) in [7, 11) is 0. The number of fused-ring (bicyclic) bond motifs is 1. The van der Waals surface area contributed by atoms with Crippen LogP contribution in [0, 0.1) is 5.41 Å². The summed E-state index contributed by atoms with van der Waals surface area (Å²) < 4.78 is 0. The molecule has 1 aromatic carbocycles. The first kappa shape index (κ1) is 24.3. The molecule has 0 unspecified atom stereocenters. The van der Waals surface area contributed by atoms with Gasteiger partial charge in [-0.2, -0.15) is 15.0 Å². The average molecular weight is 497 g/mol.